The first-order valence-electron chi connectivity index (χ1n) is 4.62. The van der Waals surface area contributed by atoms with Gasteiger partial charge in [0.15, 0.2) is 0 Å². The van der Waals surface area contributed by atoms with E-state index in [-0.39, 0.29) is 0 Å². The molecule has 0 fully saturated rings. The monoisotopic (exact) mass is 187 g/mol. The fourth-order valence-corrected chi connectivity index (χ4v) is 1.47. The molecular weight excluding hydrogens is 174 g/mol. The molecule has 0 aliphatic rings. The molecule has 72 valence electrons. The quantitative estimate of drug-likeness (QED) is 0.771. The van der Waals surface area contributed by atoms with Gasteiger partial charge in [-0.15, -0.1) is 0 Å². The van der Waals surface area contributed by atoms with Crippen LogP contribution in [-0.2, 0) is 0 Å². The van der Waals surface area contributed by atoms with Crippen molar-refractivity contribution in [3.8, 4) is 0 Å². The van der Waals surface area contributed by atoms with E-state index in [1.165, 1.54) is 0 Å². The Hall–Kier alpha value is -1.61. The average Bonchev–Trinajstić information content (AvgIpc) is 2.64. The van der Waals surface area contributed by atoms with Gasteiger partial charge in [0.25, 0.3) is 0 Å². The Kier molecular flexibility index (Phi) is 2.33. The average molecular weight is 187 g/mol. The molecule has 3 N–H and O–H groups in total. The summed E-state index contributed by atoms with van der Waals surface area (Å²) in [7, 11) is 0. The molecule has 0 amide bonds. The number of aromatic nitrogens is 2. The minimum atomic E-state index is 0.639. The zero-order chi connectivity index (χ0) is 9.97. The van der Waals surface area contributed by atoms with Gasteiger partial charge in [-0.2, -0.15) is 0 Å². The summed E-state index contributed by atoms with van der Waals surface area (Å²) in [5, 5.41) is 0. The number of nitrogens with zero attached hydrogens (tertiary/aromatic N) is 1. The Labute approximate surface area is 82.7 Å². The highest BCUT2D eigenvalue weighted by atomic mass is 14.9. The topological polar surface area (TPSA) is 54.7 Å². The fourth-order valence-electron chi connectivity index (χ4n) is 1.47. The van der Waals surface area contributed by atoms with E-state index in [1.807, 2.05) is 12.1 Å². The Morgan fingerprint density at radius 1 is 1.50 bits per heavy atom. The Morgan fingerprint density at radius 3 is 3.14 bits per heavy atom. The Morgan fingerprint density at radius 2 is 2.36 bits per heavy atom. The summed E-state index contributed by atoms with van der Waals surface area (Å²) >= 11 is 0. The van der Waals surface area contributed by atoms with Crippen LogP contribution in [0.4, 0.5) is 0 Å². The number of aromatic amines is 1. The van der Waals surface area contributed by atoms with Crippen molar-refractivity contribution in [2.45, 2.75) is 6.42 Å². The fraction of sp³-hybridized carbons (Fsp3) is 0.182. The van der Waals surface area contributed by atoms with Gasteiger partial charge in [0.05, 0.1) is 17.4 Å². The lowest BCUT2D eigenvalue weighted by molar-refractivity contribution is 1.02. The molecule has 0 aliphatic carbocycles. The lowest BCUT2D eigenvalue weighted by Gasteiger charge is -2.03. The molecule has 3 heteroatoms. The van der Waals surface area contributed by atoms with Crippen molar-refractivity contribution in [1.29, 1.82) is 0 Å². The highest BCUT2D eigenvalue weighted by molar-refractivity contribution is 5.79. The number of fused-ring (bicyclic) bond motifs is 1. The molecule has 14 heavy (non-hydrogen) atoms. The molecular formula is C11H13N3. The minimum Gasteiger partial charge on any atom is -0.345 e. The molecule has 0 spiro atoms. The van der Waals surface area contributed by atoms with Crippen molar-refractivity contribution in [3.63, 3.8) is 0 Å². The van der Waals surface area contributed by atoms with Crippen molar-refractivity contribution in [3.05, 3.63) is 36.7 Å². The Bertz CT molecular complexity index is 456. The van der Waals surface area contributed by atoms with E-state index in [1.54, 1.807) is 6.33 Å². The van der Waals surface area contributed by atoms with Crippen molar-refractivity contribution < 1.29 is 0 Å². The van der Waals surface area contributed by atoms with Gasteiger partial charge in [-0.3, -0.25) is 0 Å². The van der Waals surface area contributed by atoms with E-state index in [9.17, 15) is 0 Å². The number of H-pyrrole nitrogens is 1. The van der Waals surface area contributed by atoms with Gasteiger partial charge < -0.3 is 10.7 Å². The second-order valence-corrected chi connectivity index (χ2v) is 3.28. The van der Waals surface area contributed by atoms with E-state index >= 15 is 0 Å². The molecule has 1 aromatic heterocycles. The van der Waals surface area contributed by atoms with Crippen LogP contribution < -0.4 is 5.73 Å². The zero-order valence-electron chi connectivity index (χ0n) is 7.96. The van der Waals surface area contributed by atoms with Gasteiger partial charge in [0, 0.05) is 0 Å². The molecule has 0 atom stereocenters. The zero-order valence-corrected chi connectivity index (χ0v) is 7.96. The predicted octanol–water partition coefficient (Wildman–Crippen LogP) is 1.92. The molecule has 1 heterocycles. The van der Waals surface area contributed by atoms with Crippen LogP contribution in [0.1, 0.15) is 12.0 Å². The van der Waals surface area contributed by atoms with Crippen molar-refractivity contribution in [2.24, 2.45) is 5.73 Å². The first kappa shape index (κ1) is 8.97. The van der Waals surface area contributed by atoms with E-state index in [0.29, 0.717) is 6.54 Å². The second kappa shape index (κ2) is 3.64. The van der Waals surface area contributed by atoms with Crippen LogP contribution in [0, 0.1) is 0 Å². The highest BCUT2D eigenvalue weighted by Crippen LogP contribution is 2.19. The number of nitrogens with one attached hydrogen (secondary N) is 1. The molecule has 2 aromatic rings. The summed E-state index contributed by atoms with van der Waals surface area (Å²) in [6, 6.07) is 6.07. The first-order valence-corrected chi connectivity index (χ1v) is 4.62. The summed E-state index contributed by atoms with van der Waals surface area (Å²) < 4.78 is 0. The third kappa shape index (κ3) is 1.54. The number of benzene rings is 1. The SMILES string of the molecule is C=C(CCN)c1ccc2nc[nH]c2c1. The third-order valence-electron chi connectivity index (χ3n) is 2.27. The van der Waals surface area contributed by atoms with Crippen LogP contribution in [-0.4, -0.2) is 16.5 Å². The Balaban J connectivity index is 2.38. The number of nitrogens with two attached hydrogens (primary N) is 1. The summed E-state index contributed by atoms with van der Waals surface area (Å²) in [6.07, 6.45) is 2.53. The summed E-state index contributed by atoms with van der Waals surface area (Å²) in [6.45, 7) is 4.63. The standard InChI is InChI=1S/C11H13N3/c1-8(4-5-12)9-2-3-10-11(6-9)14-7-13-10/h2-3,6-7H,1,4-5,12H2,(H,13,14). The summed E-state index contributed by atoms with van der Waals surface area (Å²) in [4.78, 5) is 7.23. The van der Waals surface area contributed by atoms with Gasteiger partial charge in [0.2, 0.25) is 0 Å². The van der Waals surface area contributed by atoms with Crippen molar-refractivity contribution in [2.75, 3.05) is 6.54 Å². The number of hydrogen-bond acceptors (Lipinski definition) is 2. The van der Waals surface area contributed by atoms with Gasteiger partial charge in [0.1, 0.15) is 0 Å². The molecule has 3 nitrogen and oxygen atoms in total. The van der Waals surface area contributed by atoms with Crippen LogP contribution in [0.5, 0.6) is 0 Å². The second-order valence-electron chi connectivity index (χ2n) is 3.28. The maximum atomic E-state index is 5.48. The lowest BCUT2D eigenvalue weighted by atomic mass is 10.0. The largest absolute Gasteiger partial charge is 0.345 e. The molecule has 0 bridgehead atoms. The normalized spacial score (nSPS) is 10.6. The third-order valence-corrected chi connectivity index (χ3v) is 2.27. The van der Waals surface area contributed by atoms with E-state index in [0.717, 1.165) is 28.6 Å². The number of rotatable bonds is 3. The molecule has 1 aromatic carbocycles. The van der Waals surface area contributed by atoms with Crippen LogP contribution in [0.2, 0.25) is 0 Å². The molecule has 2 rings (SSSR count). The van der Waals surface area contributed by atoms with Gasteiger partial charge in [-0.1, -0.05) is 12.6 Å². The van der Waals surface area contributed by atoms with Gasteiger partial charge >= 0.3 is 0 Å². The maximum Gasteiger partial charge on any atom is 0.0931 e. The number of hydrogen-bond donors (Lipinski definition) is 2. The van der Waals surface area contributed by atoms with Crippen LogP contribution in [0.15, 0.2) is 31.1 Å². The number of imidazole rings is 1. The minimum absolute atomic E-state index is 0.639. The van der Waals surface area contributed by atoms with Crippen molar-refractivity contribution >= 4 is 16.6 Å². The predicted molar refractivity (Wildman–Crippen MR) is 58.8 cm³/mol. The van der Waals surface area contributed by atoms with Crippen LogP contribution in [0.3, 0.4) is 0 Å². The summed E-state index contributed by atoms with van der Waals surface area (Å²) in [5.74, 6) is 0. The lowest BCUT2D eigenvalue weighted by Crippen LogP contribution is -1.99. The van der Waals surface area contributed by atoms with Crippen LogP contribution >= 0.6 is 0 Å². The highest BCUT2D eigenvalue weighted by Gasteiger charge is 2.00. The van der Waals surface area contributed by atoms with Gasteiger partial charge in [-0.25, -0.2) is 4.98 Å². The van der Waals surface area contributed by atoms with E-state index < -0.39 is 0 Å². The maximum absolute atomic E-state index is 5.48. The molecule has 0 aliphatic heterocycles. The van der Waals surface area contributed by atoms with E-state index in [2.05, 4.69) is 22.6 Å². The molecule has 0 radical (unpaired) electrons. The molecule has 0 unspecified atom stereocenters. The first-order chi connectivity index (χ1) is 6.81. The summed E-state index contributed by atoms with van der Waals surface area (Å²) in [5.41, 5.74) is 9.71. The van der Waals surface area contributed by atoms with E-state index in [4.69, 9.17) is 5.73 Å². The smallest absolute Gasteiger partial charge is 0.0931 e. The molecule has 0 saturated heterocycles. The van der Waals surface area contributed by atoms with Gasteiger partial charge in [-0.05, 0) is 36.2 Å². The van der Waals surface area contributed by atoms with Crippen molar-refractivity contribution in [1.82, 2.24) is 9.97 Å². The van der Waals surface area contributed by atoms with Crippen LogP contribution in [0.25, 0.3) is 16.6 Å². The molecule has 0 saturated carbocycles.